The van der Waals surface area contributed by atoms with E-state index >= 15 is 0 Å². The minimum atomic E-state index is -1.25. The number of aryl methyl sites for hydroxylation is 2. The van der Waals surface area contributed by atoms with Gasteiger partial charge in [-0.1, -0.05) is 24.3 Å². The van der Waals surface area contributed by atoms with E-state index in [4.69, 9.17) is 4.74 Å². The molecule has 5 heteroatoms. The van der Waals surface area contributed by atoms with Gasteiger partial charge in [0.2, 0.25) is 5.91 Å². The van der Waals surface area contributed by atoms with Gasteiger partial charge in [0, 0.05) is 19.4 Å². The van der Waals surface area contributed by atoms with Gasteiger partial charge in [0.25, 0.3) is 0 Å². The lowest BCUT2D eigenvalue weighted by Crippen LogP contribution is -2.55. The Kier molecular flexibility index (Phi) is 4.39. The van der Waals surface area contributed by atoms with Crippen molar-refractivity contribution < 1.29 is 19.4 Å². The molecule has 2 N–H and O–H groups in total. The molecule has 1 aliphatic rings. The molecule has 108 valence electrons. The summed E-state index contributed by atoms with van der Waals surface area (Å²) in [7, 11) is 0. The molecular weight excluding hydrogens is 258 g/mol. The van der Waals surface area contributed by atoms with E-state index in [0.29, 0.717) is 19.4 Å². The number of ether oxygens (including phenoxy) is 1. The maximum Gasteiger partial charge on any atom is 0.331 e. The molecule has 1 fully saturated rings. The summed E-state index contributed by atoms with van der Waals surface area (Å²) in [6, 6.07) is 7.86. The molecule has 1 unspecified atom stereocenters. The quantitative estimate of drug-likeness (QED) is 0.850. The van der Waals surface area contributed by atoms with Crippen molar-refractivity contribution in [2.45, 2.75) is 31.7 Å². The Hall–Kier alpha value is -1.88. The Balaban J connectivity index is 1.92. The number of benzene rings is 1. The van der Waals surface area contributed by atoms with Crippen molar-refractivity contribution >= 4 is 11.9 Å². The summed E-state index contributed by atoms with van der Waals surface area (Å²) in [4.78, 5) is 23.3. The summed E-state index contributed by atoms with van der Waals surface area (Å²) in [5.41, 5.74) is 0.996. The number of carboxylic acid groups (broad SMARTS) is 1. The fourth-order valence-electron chi connectivity index (χ4n) is 2.35. The fraction of sp³-hybridized carbons (Fsp3) is 0.467. The van der Waals surface area contributed by atoms with E-state index in [0.717, 1.165) is 11.1 Å². The van der Waals surface area contributed by atoms with Gasteiger partial charge in [-0.15, -0.1) is 0 Å². The molecule has 2 rings (SSSR count). The lowest BCUT2D eigenvalue weighted by atomic mass is 9.98. The zero-order valence-electron chi connectivity index (χ0n) is 11.5. The lowest BCUT2D eigenvalue weighted by Gasteiger charge is -2.23. The molecule has 20 heavy (non-hydrogen) atoms. The molecule has 0 aromatic heterocycles. The first-order valence-electron chi connectivity index (χ1n) is 6.70. The number of hydrogen-bond acceptors (Lipinski definition) is 3. The SMILES string of the molecule is Cc1ccccc1CCC(=O)NC1(C(=O)O)CCOC1. The maximum absolute atomic E-state index is 12.0. The summed E-state index contributed by atoms with van der Waals surface area (Å²) >= 11 is 0. The average Bonchev–Trinajstić information content (AvgIpc) is 2.88. The molecule has 0 bridgehead atoms. The van der Waals surface area contributed by atoms with Crippen molar-refractivity contribution in [3.8, 4) is 0 Å². The summed E-state index contributed by atoms with van der Waals surface area (Å²) < 4.78 is 5.11. The maximum atomic E-state index is 12.0. The van der Waals surface area contributed by atoms with Crippen LogP contribution >= 0.6 is 0 Å². The number of amides is 1. The van der Waals surface area contributed by atoms with E-state index in [1.807, 2.05) is 31.2 Å². The number of carbonyl (C=O) groups excluding carboxylic acids is 1. The molecule has 1 atom stereocenters. The van der Waals surface area contributed by atoms with Crippen LogP contribution in [0.2, 0.25) is 0 Å². The number of carboxylic acids is 1. The van der Waals surface area contributed by atoms with E-state index < -0.39 is 11.5 Å². The first kappa shape index (κ1) is 14.5. The van der Waals surface area contributed by atoms with Crippen LogP contribution in [0.1, 0.15) is 24.0 Å². The van der Waals surface area contributed by atoms with Gasteiger partial charge in [-0.3, -0.25) is 4.79 Å². The van der Waals surface area contributed by atoms with Gasteiger partial charge < -0.3 is 15.2 Å². The molecule has 1 amide bonds. The third kappa shape index (κ3) is 3.17. The van der Waals surface area contributed by atoms with Crippen LogP contribution < -0.4 is 5.32 Å². The molecule has 1 aromatic rings. The van der Waals surface area contributed by atoms with Crippen molar-refractivity contribution in [1.29, 1.82) is 0 Å². The zero-order valence-corrected chi connectivity index (χ0v) is 11.5. The van der Waals surface area contributed by atoms with Crippen molar-refractivity contribution in [3.05, 3.63) is 35.4 Å². The normalized spacial score (nSPS) is 21.6. The Morgan fingerprint density at radius 3 is 2.75 bits per heavy atom. The topological polar surface area (TPSA) is 75.6 Å². The molecule has 1 aliphatic heterocycles. The summed E-state index contributed by atoms with van der Waals surface area (Å²) in [6.45, 7) is 2.40. The summed E-state index contributed by atoms with van der Waals surface area (Å²) in [5, 5.41) is 11.9. The molecule has 0 spiro atoms. The highest BCUT2D eigenvalue weighted by molar-refractivity contribution is 5.87. The minimum Gasteiger partial charge on any atom is -0.479 e. The fourth-order valence-corrected chi connectivity index (χ4v) is 2.35. The lowest BCUT2D eigenvalue weighted by molar-refractivity contribution is -0.147. The largest absolute Gasteiger partial charge is 0.479 e. The Morgan fingerprint density at radius 2 is 2.15 bits per heavy atom. The van der Waals surface area contributed by atoms with Crippen molar-refractivity contribution in [3.63, 3.8) is 0 Å². The van der Waals surface area contributed by atoms with Crippen LogP contribution in [0.15, 0.2) is 24.3 Å². The highest BCUT2D eigenvalue weighted by Gasteiger charge is 2.43. The monoisotopic (exact) mass is 277 g/mol. The van der Waals surface area contributed by atoms with Crippen LogP contribution in [-0.2, 0) is 20.7 Å². The minimum absolute atomic E-state index is 0.0401. The van der Waals surface area contributed by atoms with Crippen LogP contribution in [0.4, 0.5) is 0 Å². The number of aliphatic carboxylic acids is 1. The Labute approximate surface area is 117 Å². The van der Waals surface area contributed by atoms with E-state index in [1.165, 1.54) is 0 Å². The van der Waals surface area contributed by atoms with Crippen molar-refractivity contribution in [2.24, 2.45) is 0 Å². The van der Waals surface area contributed by atoms with Gasteiger partial charge in [0.15, 0.2) is 5.54 Å². The average molecular weight is 277 g/mol. The smallest absolute Gasteiger partial charge is 0.331 e. The molecular formula is C15H19NO4. The zero-order chi connectivity index (χ0) is 14.6. The predicted molar refractivity (Wildman–Crippen MR) is 73.4 cm³/mol. The highest BCUT2D eigenvalue weighted by atomic mass is 16.5. The third-order valence-corrected chi connectivity index (χ3v) is 3.69. The first-order chi connectivity index (χ1) is 9.53. The summed E-state index contributed by atoms with van der Waals surface area (Å²) in [5.74, 6) is -1.28. The van der Waals surface area contributed by atoms with Crippen LogP contribution in [0.5, 0.6) is 0 Å². The van der Waals surface area contributed by atoms with Gasteiger partial charge in [0.1, 0.15) is 0 Å². The molecule has 1 aromatic carbocycles. The van der Waals surface area contributed by atoms with E-state index in [1.54, 1.807) is 0 Å². The molecule has 1 saturated heterocycles. The van der Waals surface area contributed by atoms with Crippen molar-refractivity contribution in [1.82, 2.24) is 5.32 Å². The second-order valence-corrected chi connectivity index (χ2v) is 5.16. The van der Waals surface area contributed by atoms with Crippen LogP contribution in [-0.4, -0.2) is 35.7 Å². The Bertz CT molecular complexity index is 506. The number of hydrogen-bond donors (Lipinski definition) is 2. The first-order valence-corrected chi connectivity index (χ1v) is 6.70. The van der Waals surface area contributed by atoms with Crippen LogP contribution in [0.3, 0.4) is 0 Å². The second-order valence-electron chi connectivity index (χ2n) is 5.16. The molecule has 0 saturated carbocycles. The molecule has 0 aliphatic carbocycles. The molecule has 1 heterocycles. The van der Waals surface area contributed by atoms with Gasteiger partial charge in [-0.2, -0.15) is 0 Å². The van der Waals surface area contributed by atoms with Gasteiger partial charge >= 0.3 is 5.97 Å². The molecule has 0 radical (unpaired) electrons. The van der Waals surface area contributed by atoms with Gasteiger partial charge in [0.05, 0.1) is 6.61 Å². The van der Waals surface area contributed by atoms with Gasteiger partial charge in [-0.05, 0) is 24.5 Å². The Morgan fingerprint density at radius 1 is 1.40 bits per heavy atom. The standard InChI is InChI=1S/C15H19NO4/c1-11-4-2-3-5-12(11)6-7-13(17)16-15(14(18)19)8-9-20-10-15/h2-5H,6-10H2,1H3,(H,16,17)(H,18,19). The van der Waals surface area contributed by atoms with E-state index in [9.17, 15) is 14.7 Å². The number of nitrogens with one attached hydrogen (secondary N) is 1. The second kappa shape index (κ2) is 6.05. The van der Waals surface area contributed by atoms with E-state index in [-0.39, 0.29) is 18.9 Å². The van der Waals surface area contributed by atoms with Crippen LogP contribution in [0, 0.1) is 6.92 Å². The van der Waals surface area contributed by atoms with Gasteiger partial charge in [-0.25, -0.2) is 4.79 Å². The summed E-state index contributed by atoms with van der Waals surface area (Å²) in [6.07, 6.45) is 1.20. The van der Waals surface area contributed by atoms with Crippen LogP contribution in [0.25, 0.3) is 0 Å². The predicted octanol–water partition coefficient (Wildman–Crippen LogP) is 1.29. The molecule has 5 nitrogen and oxygen atoms in total. The number of carbonyl (C=O) groups is 2. The van der Waals surface area contributed by atoms with E-state index in [2.05, 4.69) is 5.32 Å². The number of rotatable bonds is 5. The van der Waals surface area contributed by atoms with Crippen molar-refractivity contribution in [2.75, 3.05) is 13.2 Å². The third-order valence-electron chi connectivity index (χ3n) is 3.69. The highest BCUT2D eigenvalue weighted by Crippen LogP contribution is 2.19.